The smallest absolute Gasteiger partial charge is 0.132 e. The third kappa shape index (κ3) is 3.76. The lowest BCUT2D eigenvalue weighted by Gasteiger charge is -2.11. The highest BCUT2D eigenvalue weighted by atomic mass is 32.1. The molecule has 1 aromatic carbocycles. The molecule has 5 heteroatoms. The number of nitrogens with zero attached hydrogens (tertiary/aromatic N) is 1. The molecule has 2 rings (SSSR count). The minimum absolute atomic E-state index is 0.490. The minimum Gasteiger partial charge on any atom is -0.497 e. The average molecular weight is 305 g/mol. The van der Waals surface area contributed by atoms with Gasteiger partial charge in [-0.25, -0.2) is 0 Å². The third-order valence-corrected chi connectivity index (χ3v) is 4.37. The number of oxime groups is 1. The van der Waals surface area contributed by atoms with Crippen molar-refractivity contribution in [1.82, 2.24) is 0 Å². The van der Waals surface area contributed by atoms with Gasteiger partial charge in [0.2, 0.25) is 0 Å². The second-order valence-corrected chi connectivity index (χ2v) is 5.81. The predicted molar refractivity (Wildman–Crippen MR) is 85.0 cm³/mol. The molecule has 0 bridgehead atoms. The van der Waals surface area contributed by atoms with Crippen molar-refractivity contribution in [3.8, 4) is 11.5 Å². The van der Waals surface area contributed by atoms with Gasteiger partial charge in [0.25, 0.3) is 0 Å². The number of hydrogen-bond acceptors (Lipinski definition) is 5. The van der Waals surface area contributed by atoms with Gasteiger partial charge < -0.3 is 14.7 Å². The van der Waals surface area contributed by atoms with Crippen LogP contribution in [0.15, 0.2) is 35.5 Å². The van der Waals surface area contributed by atoms with Crippen molar-refractivity contribution in [3.63, 3.8) is 0 Å². The molecule has 2 aromatic rings. The van der Waals surface area contributed by atoms with Gasteiger partial charge in [-0.3, -0.25) is 0 Å². The van der Waals surface area contributed by atoms with E-state index in [4.69, 9.17) is 14.7 Å². The van der Waals surface area contributed by atoms with Crippen molar-refractivity contribution in [2.75, 3.05) is 7.11 Å². The summed E-state index contributed by atoms with van der Waals surface area (Å²) in [6, 6.07) is 9.65. The standard InChI is InChI=1S/C16H19NO3S/c1-4-13-6-7-14(21-13)10-20-16-9-12(19-3)5-8-15(16)11(2)17-18/h5-9,18H,4,10H2,1-3H3/b17-11+. The Balaban J connectivity index is 2.20. The molecule has 0 saturated heterocycles. The molecule has 0 atom stereocenters. The zero-order chi connectivity index (χ0) is 15.2. The van der Waals surface area contributed by atoms with Crippen molar-refractivity contribution < 1.29 is 14.7 Å². The summed E-state index contributed by atoms with van der Waals surface area (Å²) in [6.07, 6.45) is 1.03. The van der Waals surface area contributed by atoms with Crippen LogP contribution in [0.2, 0.25) is 0 Å². The number of aryl methyl sites for hydroxylation is 1. The summed E-state index contributed by atoms with van der Waals surface area (Å²) in [6.45, 7) is 4.36. The fourth-order valence-corrected chi connectivity index (χ4v) is 2.81. The van der Waals surface area contributed by atoms with E-state index in [1.807, 2.05) is 12.1 Å². The summed E-state index contributed by atoms with van der Waals surface area (Å²) >= 11 is 1.75. The molecular formula is C16H19NO3S. The zero-order valence-electron chi connectivity index (χ0n) is 12.4. The molecule has 0 radical (unpaired) electrons. The molecule has 1 N–H and O–H groups in total. The lowest BCUT2D eigenvalue weighted by Crippen LogP contribution is -2.02. The lowest BCUT2D eigenvalue weighted by molar-refractivity contribution is 0.304. The van der Waals surface area contributed by atoms with Crippen LogP contribution in [0.25, 0.3) is 0 Å². The summed E-state index contributed by atoms with van der Waals surface area (Å²) in [5.41, 5.74) is 1.26. The maximum atomic E-state index is 8.96. The second kappa shape index (κ2) is 7.13. The highest BCUT2D eigenvalue weighted by molar-refractivity contribution is 7.11. The molecule has 112 valence electrons. The van der Waals surface area contributed by atoms with E-state index in [-0.39, 0.29) is 0 Å². The SMILES string of the molecule is CCc1ccc(COc2cc(OC)ccc2/C(C)=N/O)s1. The Morgan fingerprint density at radius 1 is 1.24 bits per heavy atom. The first-order valence-electron chi connectivity index (χ1n) is 6.75. The predicted octanol–water partition coefficient (Wildman–Crippen LogP) is 4.10. The average Bonchev–Trinajstić information content (AvgIpc) is 3.00. The van der Waals surface area contributed by atoms with E-state index in [9.17, 15) is 0 Å². The first kappa shape index (κ1) is 15.4. The van der Waals surface area contributed by atoms with Gasteiger partial charge >= 0.3 is 0 Å². The number of benzene rings is 1. The fraction of sp³-hybridized carbons (Fsp3) is 0.312. The van der Waals surface area contributed by atoms with Crippen molar-refractivity contribution in [1.29, 1.82) is 0 Å². The number of rotatable bonds is 6. The van der Waals surface area contributed by atoms with Gasteiger partial charge in [0, 0.05) is 21.4 Å². The molecule has 1 aromatic heterocycles. The van der Waals surface area contributed by atoms with Crippen molar-refractivity contribution in [2.45, 2.75) is 26.9 Å². The van der Waals surface area contributed by atoms with Crippen LogP contribution in [0.5, 0.6) is 11.5 Å². The molecule has 0 spiro atoms. The van der Waals surface area contributed by atoms with E-state index in [2.05, 4.69) is 24.2 Å². The normalized spacial score (nSPS) is 11.5. The Labute approximate surface area is 128 Å². The van der Waals surface area contributed by atoms with E-state index in [0.717, 1.165) is 12.0 Å². The Morgan fingerprint density at radius 3 is 2.62 bits per heavy atom. The lowest BCUT2D eigenvalue weighted by atomic mass is 10.1. The monoisotopic (exact) mass is 305 g/mol. The van der Waals surface area contributed by atoms with Crippen LogP contribution in [0, 0.1) is 0 Å². The summed E-state index contributed by atoms with van der Waals surface area (Å²) in [7, 11) is 1.61. The Kier molecular flexibility index (Phi) is 5.22. The van der Waals surface area contributed by atoms with Gasteiger partial charge in [-0.1, -0.05) is 12.1 Å². The van der Waals surface area contributed by atoms with Crippen molar-refractivity contribution in [2.24, 2.45) is 5.16 Å². The highest BCUT2D eigenvalue weighted by Crippen LogP contribution is 2.27. The zero-order valence-corrected chi connectivity index (χ0v) is 13.2. The number of thiophene rings is 1. The van der Waals surface area contributed by atoms with Crippen LogP contribution in [-0.4, -0.2) is 18.0 Å². The number of methoxy groups -OCH3 is 1. The van der Waals surface area contributed by atoms with E-state index >= 15 is 0 Å². The summed E-state index contributed by atoms with van der Waals surface area (Å²) < 4.78 is 11.1. The molecule has 0 unspecified atom stereocenters. The molecule has 0 aliphatic rings. The van der Waals surface area contributed by atoms with Gasteiger partial charge in [0.15, 0.2) is 0 Å². The quantitative estimate of drug-likeness (QED) is 0.496. The Bertz CT molecular complexity index is 634. The molecule has 1 heterocycles. The van der Waals surface area contributed by atoms with Crippen LogP contribution in [0.3, 0.4) is 0 Å². The van der Waals surface area contributed by atoms with Crippen LogP contribution >= 0.6 is 11.3 Å². The molecule has 21 heavy (non-hydrogen) atoms. The maximum Gasteiger partial charge on any atom is 0.132 e. The molecule has 0 amide bonds. The molecule has 4 nitrogen and oxygen atoms in total. The van der Waals surface area contributed by atoms with Gasteiger partial charge in [-0.05, 0) is 37.6 Å². The third-order valence-electron chi connectivity index (χ3n) is 3.16. The van der Waals surface area contributed by atoms with Gasteiger partial charge in [0.1, 0.15) is 18.1 Å². The van der Waals surface area contributed by atoms with Crippen LogP contribution in [-0.2, 0) is 13.0 Å². The fourth-order valence-electron chi connectivity index (χ4n) is 1.94. The van der Waals surface area contributed by atoms with Crippen LogP contribution in [0.1, 0.15) is 29.2 Å². The van der Waals surface area contributed by atoms with E-state index in [1.54, 1.807) is 31.4 Å². The number of hydrogen-bond donors (Lipinski definition) is 1. The van der Waals surface area contributed by atoms with Crippen LogP contribution in [0.4, 0.5) is 0 Å². The van der Waals surface area contributed by atoms with Gasteiger partial charge in [-0.15, -0.1) is 11.3 Å². The summed E-state index contributed by atoms with van der Waals surface area (Å²) in [5.74, 6) is 1.36. The van der Waals surface area contributed by atoms with E-state index in [1.165, 1.54) is 9.75 Å². The topological polar surface area (TPSA) is 51.0 Å². The molecule has 0 saturated carbocycles. The maximum absolute atomic E-state index is 8.96. The summed E-state index contributed by atoms with van der Waals surface area (Å²) in [5, 5.41) is 12.2. The van der Waals surface area contributed by atoms with Gasteiger partial charge in [-0.2, -0.15) is 0 Å². The van der Waals surface area contributed by atoms with Crippen molar-refractivity contribution >= 4 is 17.0 Å². The Hall–Kier alpha value is -2.01. The molecule has 0 aliphatic heterocycles. The summed E-state index contributed by atoms with van der Waals surface area (Å²) in [4.78, 5) is 2.51. The van der Waals surface area contributed by atoms with Gasteiger partial charge in [0.05, 0.1) is 12.8 Å². The largest absolute Gasteiger partial charge is 0.497 e. The van der Waals surface area contributed by atoms with Crippen molar-refractivity contribution in [3.05, 3.63) is 45.6 Å². The first-order chi connectivity index (χ1) is 10.2. The Morgan fingerprint density at radius 2 is 2.00 bits per heavy atom. The molecular weight excluding hydrogens is 286 g/mol. The first-order valence-corrected chi connectivity index (χ1v) is 7.57. The van der Waals surface area contributed by atoms with E-state index in [0.29, 0.717) is 23.8 Å². The van der Waals surface area contributed by atoms with Crippen LogP contribution < -0.4 is 9.47 Å². The minimum atomic E-state index is 0.490. The second-order valence-electron chi connectivity index (χ2n) is 4.56. The molecule has 0 fully saturated rings. The highest BCUT2D eigenvalue weighted by Gasteiger charge is 2.10. The number of ether oxygens (including phenoxy) is 2. The molecule has 0 aliphatic carbocycles. The van der Waals surface area contributed by atoms with E-state index < -0.39 is 0 Å².